The third-order valence-electron chi connectivity index (χ3n) is 1.96. The van der Waals surface area contributed by atoms with E-state index in [1.807, 2.05) is 0 Å². The minimum absolute atomic E-state index is 0.0587. The lowest BCUT2D eigenvalue weighted by atomic mass is 10.1. The normalized spacial score (nSPS) is 12.9. The van der Waals surface area contributed by atoms with E-state index in [9.17, 15) is 9.90 Å². The lowest BCUT2D eigenvalue weighted by Gasteiger charge is -2.02. The third-order valence-corrected chi connectivity index (χ3v) is 1.96. The number of hydrogen-bond acceptors (Lipinski definition) is 5. The summed E-state index contributed by atoms with van der Waals surface area (Å²) in [5, 5.41) is 9.46. The zero-order valence-electron chi connectivity index (χ0n) is 7.32. The standard InChI is InChI=1S/C9H9NO4/c10-3-7(12)5-1-6(11)9-8(2-5)13-4-14-9/h1-2,11H,3-4,10H2. The molecule has 0 fully saturated rings. The quantitative estimate of drug-likeness (QED) is 0.661. The topological polar surface area (TPSA) is 81.8 Å². The Balaban J connectivity index is 2.46. The maximum absolute atomic E-state index is 11.2. The van der Waals surface area contributed by atoms with E-state index in [1.165, 1.54) is 12.1 Å². The predicted molar refractivity (Wildman–Crippen MR) is 47.6 cm³/mol. The van der Waals surface area contributed by atoms with E-state index in [4.69, 9.17) is 15.2 Å². The molecule has 0 aliphatic carbocycles. The van der Waals surface area contributed by atoms with Crippen molar-refractivity contribution in [1.29, 1.82) is 0 Å². The zero-order chi connectivity index (χ0) is 10.1. The summed E-state index contributed by atoms with van der Waals surface area (Å²) in [7, 11) is 0. The molecule has 1 aliphatic rings. The monoisotopic (exact) mass is 195 g/mol. The fraction of sp³-hybridized carbons (Fsp3) is 0.222. The van der Waals surface area contributed by atoms with Crippen LogP contribution in [0.3, 0.4) is 0 Å². The average molecular weight is 195 g/mol. The van der Waals surface area contributed by atoms with Crippen LogP contribution in [0.4, 0.5) is 0 Å². The van der Waals surface area contributed by atoms with Crippen LogP contribution >= 0.6 is 0 Å². The fourth-order valence-electron chi connectivity index (χ4n) is 1.27. The van der Waals surface area contributed by atoms with E-state index in [0.29, 0.717) is 11.3 Å². The molecule has 0 unspecified atom stereocenters. The van der Waals surface area contributed by atoms with Gasteiger partial charge >= 0.3 is 0 Å². The molecule has 0 radical (unpaired) electrons. The molecule has 2 rings (SSSR count). The van der Waals surface area contributed by atoms with Gasteiger partial charge in [-0.1, -0.05) is 0 Å². The maximum atomic E-state index is 11.2. The van der Waals surface area contributed by atoms with Gasteiger partial charge in [0, 0.05) is 5.56 Å². The molecule has 0 saturated heterocycles. The highest BCUT2D eigenvalue weighted by Gasteiger charge is 2.20. The van der Waals surface area contributed by atoms with Crippen LogP contribution in [0.2, 0.25) is 0 Å². The number of phenols is 1. The van der Waals surface area contributed by atoms with Crippen LogP contribution in [-0.4, -0.2) is 24.2 Å². The van der Waals surface area contributed by atoms with Crippen molar-refractivity contribution in [2.75, 3.05) is 13.3 Å². The van der Waals surface area contributed by atoms with Gasteiger partial charge < -0.3 is 20.3 Å². The Morgan fingerprint density at radius 1 is 1.50 bits per heavy atom. The highest BCUT2D eigenvalue weighted by atomic mass is 16.7. The molecule has 0 spiro atoms. The highest BCUT2D eigenvalue weighted by Crippen LogP contribution is 2.41. The van der Waals surface area contributed by atoms with Gasteiger partial charge in [0.05, 0.1) is 6.54 Å². The Hall–Kier alpha value is -1.75. The molecule has 74 valence electrons. The number of ether oxygens (including phenoxy) is 2. The third kappa shape index (κ3) is 1.27. The summed E-state index contributed by atoms with van der Waals surface area (Å²) < 4.78 is 10.0. The lowest BCUT2D eigenvalue weighted by Crippen LogP contribution is -2.13. The molecule has 14 heavy (non-hydrogen) atoms. The first-order chi connectivity index (χ1) is 6.72. The summed E-state index contributed by atoms with van der Waals surface area (Å²) in [6.07, 6.45) is 0. The molecule has 1 aromatic carbocycles. The van der Waals surface area contributed by atoms with Crippen LogP contribution in [0.5, 0.6) is 17.2 Å². The van der Waals surface area contributed by atoms with Crippen LogP contribution in [0, 0.1) is 0 Å². The second-order valence-electron chi connectivity index (χ2n) is 2.86. The molecule has 0 saturated carbocycles. The van der Waals surface area contributed by atoms with E-state index < -0.39 is 0 Å². The summed E-state index contributed by atoms with van der Waals surface area (Å²) in [6, 6.07) is 2.83. The molecule has 0 aromatic heterocycles. The van der Waals surface area contributed by atoms with E-state index >= 15 is 0 Å². The molecule has 0 bridgehead atoms. The number of carbonyl (C=O) groups is 1. The smallest absolute Gasteiger partial charge is 0.231 e. The molecular formula is C9H9NO4. The number of benzene rings is 1. The van der Waals surface area contributed by atoms with Crippen LogP contribution in [0.25, 0.3) is 0 Å². The summed E-state index contributed by atoms with van der Waals surface area (Å²) in [4.78, 5) is 11.2. The lowest BCUT2D eigenvalue weighted by molar-refractivity contribution is 0.100. The number of carbonyl (C=O) groups excluding carboxylic acids is 1. The van der Waals surface area contributed by atoms with Crippen LogP contribution in [0.15, 0.2) is 12.1 Å². The molecule has 5 heteroatoms. The first-order valence-electron chi connectivity index (χ1n) is 4.08. The van der Waals surface area contributed by atoms with Crippen molar-refractivity contribution in [2.45, 2.75) is 0 Å². The largest absolute Gasteiger partial charge is 0.504 e. The van der Waals surface area contributed by atoms with Crippen molar-refractivity contribution in [3.8, 4) is 17.2 Å². The van der Waals surface area contributed by atoms with Crippen molar-refractivity contribution in [1.82, 2.24) is 0 Å². The summed E-state index contributed by atoms with van der Waals surface area (Å²) in [5.74, 6) is 0.302. The SMILES string of the molecule is NCC(=O)c1cc(O)c2c(c1)OCO2. The van der Waals surface area contributed by atoms with Crippen molar-refractivity contribution in [3.63, 3.8) is 0 Å². The van der Waals surface area contributed by atoms with Gasteiger partial charge in [-0.25, -0.2) is 0 Å². The van der Waals surface area contributed by atoms with Gasteiger partial charge in [-0.2, -0.15) is 0 Å². The summed E-state index contributed by atoms with van der Waals surface area (Å²) in [6.45, 7) is -0.0394. The van der Waals surface area contributed by atoms with Gasteiger partial charge in [-0.15, -0.1) is 0 Å². The van der Waals surface area contributed by atoms with Crippen molar-refractivity contribution in [2.24, 2.45) is 5.73 Å². The van der Waals surface area contributed by atoms with E-state index in [-0.39, 0.29) is 30.6 Å². The molecule has 1 aromatic rings. The van der Waals surface area contributed by atoms with Gasteiger partial charge in [-0.3, -0.25) is 4.79 Å². The molecule has 1 heterocycles. The molecule has 0 atom stereocenters. The Labute approximate surface area is 80.0 Å². The van der Waals surface area contributed by atoms with Crippen LogP contribution < -0.4 is 15.2 Å². The second-order valence-corrected chi connectivity index (χ2v) is 2.86. The zero-order valence-corrected chi connectivity index (χ0v) is 7.32. The number of phenolic OH excluding ortho intramolecular Hbond substituents is 1. The Morgan fingerprint density at radius 3 is 3.00 bits per heavy atom. The van der Waals surface area contributed by atoms with Gasteiger partial charge in [-0.05, 0) is 12.1 Å². The molecular weight excluding hydrogens is 186 g/mol. The maximum Gasteiger partial charge on any atom is 0.231 e. The number of nitrogens with two attached hydrogens (primary N) is 1. The first-order valence-corrected chi connectivity index (χ1v) is 4.08. The number of rotatable bonds is 2. The van der Waals surface area contributed by atoms with Gasteiger partial charge in [0.1, 0.15) is 0 Å². The van der Waals surface area contributed by atoms with Crippen molar-refractivity contribution in [3.05, 3.63) is 17.7 Å². The second kappa shape index (κ2) is 3.19. The predicted octanol–water partition coefficient (Wildman–Crippen LogP) is 0.262. The Morgan fingerprint density at radius 2 is 2.29 bits per heavy atom. The van der Waals surface area contributed by atoms with Crippen molar-refractivity contribution < 1.29 is 19.4 Å². The summed E-state index contributed by atoms with van der Waals surface area (Å²) in [5.41, 5.74) is 5.52. The number of Topliss-reactive ketones (excluding diaryl/α,β-unsaturated/α-hetero) is 1. The van der Waals surface area contributed by atoms with E-state index in [1.54, 1.807) is 0 Å². The van der Waals surface area contributed by atoms with Gasteiger partial charge in [0.2, 0.25) is 12.5 Å². The Kier molecular flexibility index (Phi) is 2.01. The molecule has 3 N–H and O–H groups in total. The average Bonchev–Trinajstić information content (AvgIpc) is 2.64. The first kappa shape index (κ1) is 8.83. The number of aromatic hydroxyl groups is 1. The van der Waals surface area contributed by atoms with Crippen LogP contribution in [0.1, 0.15) is 10.4 Å². The number of hydrogen-bond donors (Lipinski definition) is 2. The Bertz CT molecular complexity index is 389. The van der Waals surface area contributed by atoms with Gasteiger partial charge in [0.15, 0.2) is 17.3 Å². The minimum Gasteiger partial charge on any atom is -0.504 e. The minimum atomic E-state index is -0.251. The van der Waals surface area contributed by atoms with E-state index in [2.05, 4.69) is 0 Å². The van der Waals surface area contributed by atoms with Crippen molar-refractivity contribution >= 4 is 5.78 Å². The molecule has 5 nitrogen and oxygen atoms in total. The van der Waals surface area contributed by atoms with Crippen LogP contribution in [-0.2, 0) is 0 Å². The molecule has 0 amide bonds. The summed E-state index contributed by atoms with van der Waals surface area (Å²) >= 11 is 0. The fourth-order valence-corrected chi connectivity index (χ4v) is 1.27. The number of fused-ring (bicyclic) bond motifs is 1. The van der Waals surface area contributed by atoms with E-state index in [0.717, 1.165) is 0 Å². The number of ketones is 1. The highest BCUT2D eigenvalue weighted by molar-refractivity contribution is 5.98. The molecule has 1 aliphatic heterocycles. The van der Waals surface area contributed by atoms with Gasteiger partial charge in [0.25, 0.3) is 0 Å².